The molecule has 3 aromatic rings. The number of hydrogen-bond donors (Lipinski definition) is 1. The van der Waals surface area contributed by atoms with E-state index in [1.54, 1.807) is 18.4 Å². The van der Waals surface area contributed by atoms with Gasteiger partial charge in [-0.1, -0.05) is 24.3 Å². The topological polar surface area (TPSA) is 43.3 Å². The van der Waals surface area contributed by atoms with Gasteiger partial charge in [-0.15, -0.1) is 11.3 Å². The Kier molecular flexibility index (Phi) is 5.36. The van der Waals surface area contributed by atoms with Gasteiger partial charge in [0.2, 0.25) is 0 Å². The van der Waals surface area contributed by atoms with Crippen molar-refractivity contribution < 1.29 is 9.53 Å². The van der Waals surface area contributed by atoms with Crippen LogP contribution in [0.2, 0.25) is 0 Å². The van der Waals surface area contributed by atoms with Crippen LogP contribution in [0.15, 0.2) is 48.8 Å². The molecule has 5 heteroatoms. The number of aryl methyl sites for hydroxylation is 1. The average molecular weight is 354 g/mol. The maximum Gasteiger partial charge on any atom is 0.254 e. The highest BCUT2D eigenvalue weighted by molar-refractivity contribution is 7.15. The van der Waals surface area contributed by atoms with E-state index in [1.807, 2.05) is 54.2 Å². The average Bonchev–Trinajstić information content (AvgIpc) is 3.23. The fraction of sp³-hybridized carbons (Fsp3) is 0.250. The predicted molar refractivity (Wildman–Crippen MR) is 101 cm³/mol. The molecule has 130 valence electrons. The molecule has 4 nitrogen and oxygen atoms in total. The normalized spacial score (nSPS) is 10.8. The van der Waals surface area contributed by atoms with E-state index in [2.05, 4.69) is 18.3 Å². The lowest BCUT2D eigenvalue weighted by molar-refractivity contribution is 0.0950. The van der Waals surface area contributed by atoms with Gasteiger partial charge in [-0.2, -0.15) is 0 Å². The van der Waals surface area contributed by atoms with Crippen LogP contribution < -0.4 is 5.32 Å². The summed E-state index contributed by atoms with van der Waals surface area (Å²) in [6.07, 6.45) is 3.94. The van der Waals surface area contributed by atoms with E-state index in [4.69, 9.17) is 4.74 Å². The largest absolute Gasteiger partial charge is 0.380 e. The van der Waals surface area contributed by atoms with Gasteiger partial charge in [0.05, 0.1) is 12.2 Å². The quantitative estimate of drug-likeness (QED) is 0.720. The van der Waals surface area contributed by atoms with Gasteiger partial charge in [0.1, 0.15) is 5.00 Å². The van der Waals surface area contributed by atoms with Crippen LogP contribution in [0.25, 0.3) is 5.00 Å². The smallest absolute Gasteiger partial charge is 0.254 e. The number of methoxy groups -OCH3 is 1. The molecule has 0 atom stereocenters. The van der Waals surface area contributed by atoms with Gasteiger partial charge in [0.15, 0.2) is 0 Å². The summed E-state index contributed by atoms with van der Waals surface area (Å²) >= 11 is 1.64. The van der Waals surface area contributed by atoms with Gasteiger partial charge in [0, 0.05) is 30.9 Å². The first-order valence-corrected chi connectivity index (χ1v) is 9.00. The Balaban J connectivity index is 1.79. The third-order valence-corrected chi connectivity index (χ3v) is 5.41. The van der Waals surface area contributed by atoms with Gasteiger partial charge in [-0.25, -0.2) is 0 Å². The first-order chi connectivity index (χ1) is 12.1. The van der Waals surface area contributed by atoms with E-state index in [0.717, 1.165) is 32.1 Å². The van der Waals surface area contributed by atoms with Crippen molar-refractivity contribution in [2.75, 3.05) is 7.11 Å². The molecule has 2 heterocycles. The summed E-state index contributed by atoms with van der Waals surface area (Å²) < 4.78 is 7.16. The van der Waals surface area contributed by atoms with E-state index in [9.17, 15) is 4.79 Å². The van der Waals surface area contributed by atoms with Crippen LogP contribution in [-0.2, 0) is 17.9 Å². The zero-order valence-electron chi connectivity index (χ0n) is 14.7. The number of nitrogens with one attached hydrogen (secondary N) is 1. The van der Waals surface area contributed by atoms with Crippen LogP contribution in [-0.4, -0.2) is 17.6 Å². The van der Waals surface area contributed by atoms with Crippen LogP contribution in [0.4, 0.5) is 0 Å². The van der Waals surface area contributed by atoms with Gasteiger partial charge in [-0.05, 0) is 42.7 Å². The molecule has 0 fully saturated rings. The molecule has 3 rings (SSSR count). The number of benzene rings is 1. The van der Waals surface area contributed by atoms with E-state index < -0.39 is 0 Å². The lowest BCUT2D eigenvalue weighted by Gasteiger charge is -2.09. The molecule has 1 amide bonds. The molecule has 0 saturated carbocycles. The number of thiophene rings is 1. The van der Waals surface area contributed by atoms with Crippen LogP contribution in [0, 0.1) is 13.8 Å². The van der Waals surface area contributed by atoms with Gasteiger partial charge < -0.3 is 14.6 Å². The van der Waals surface area contributed by atoms with Crippen LogP contribution in [0.1, 0.15) is 31.9 Å². The second kappa shape index (κ2) is 7.68. The fourth-order valence-corrected chi connectivity index (χ4v) is 3.92. The first-order valence-electron chi connectivity index (χ1n) is 8.18. The second-order valence-corrected chi connectivity index (χ2v) is 7.19. The van der Waals surface area contributed by atoms with Crippen molar-refractivity contribution in [2.45, 2.75) is 27.0 Å². The summed E-state index contributed by atoms with van der Waals surface area (Å²) in [5.74, 6) is -0.0392. The first kappa shape index (κ1) is 17.5. The molecule has 1 aromatic carbocycles. The molecular formula is C20H22N2O2S. The van der Waals surface area contributed by atoms with Crippen LogP contribution >= 0.6 is 11.3 Å². The third-order valence-electron chi connectivity index (χ3n) is 4.19. The van der Waals surface area contributed by atoms with Crippen molar-refractivity contribution in [1.29, 1.82) is 0 Å². The van der Waals surface area contributed by atoms with Crippen molar-refractivity contribution in [3.63, 3.8) is 0 Å². The Bertz CT molecular complexity index is 866. The van der Waals surface area contributed by atoms with Gasteiger partial charge in [-0.3, -0.25) is 4.79 Å². The van der Waals surface area contributed by atoms with Gasteiger partial charge >= 0.3 is 0 Å². The van der Waals surface area contributed by atoms with Crippen molar-refractivity contribution in [3.05, 3.63) is 75.9 Å². The molecule has 0 unspecified atom stereocenters. The van der Waals surface area contributed by atoms with Gasteiger partial charge in [0.25, 0.3) is 5.91 Å². The third kappa shape index (κ3) is 3.83. The number of nitrogens with zero attached hydrogens (tertiary/aromatic N) is 1. The van der Waals surface area contributed by atoms with Crippen molar-refractivity contribution in [2.24, 2.45) is 0 Å². The Morgan fingerprint density at radius 1 is 1.16 bits per heavy atom. The molecule has 0 aliphatic carbocycles. The minimum atomic E-state index is -0.0392. The number of hydrogen-bond acceptors (Lipinski definition) is 3. The number of ether oxygens (including phenoxy) is 1. The van der Waals surface area contributed by atoms with E-state index in [0.29, 0.717) is 13.2 Å². The fourth-order valence-electron chi connectivity index (χ4n) is 2.79. The van der Waals surface area contributed by atoms with E-state index in [-0.39, 0.29) is 5.91 Å². The summed E-state index contributed by atoms with van der Waals surface area (Å²) in [4.78, 5) is 14.0. The van der Waals surface area contributed by atoms with Crippen molar-refractivity contribution >= 4 is 17.2 Å². The summed E-state index contributed by atoms with van der Waals surface area (Å²) in [5.41, 5.74) is 3.96. The maximum atomic E-state index is 12.8. The van der Waals surface area contributed by atoms with Crippen molar-refractivity contribution in [1.82, 2.24) is 9.88 Å². The van der Waals surface area contributed by atoms with E-state index in [1.165, 1.54) is 0 Å². The highest BCUT2D eigenvalue weighted by Gasteiger charge is 2.20. The Labute approximate surface area is 152 Å². The summed E-state index contributed by atoms with van der Waals surface area (Å²) in [6, 6.07) is 12.0. The van der Waals surface area contributed by atoms with Crippen LogP contribution in [0.5, 0.6) is 0 Å². The Morgan fingerprint density at radius 2 is 1.88 bits per heavy atom. The predicted octanol–water partition coefficient (Wildman–Crippen LogP) is 4.23. The Morgan fingerprint density at radius 3 is 2.60 bits per heavy atom. The number of amides is 1. The molecule has 0 radical (unpaired) electrons. The molecule has 0 bridgehead atoms. The summed E-state index contributed by atoms with van der Waals surface area (Å²) in [7, 11) is 1.68. The molecule has 0 spiro atoms. The zero-order valence-corrected chi connectivity index (χ0v) is 15.5. The number of carbonyl (C=O) groups excluding carboxylic acids is 1. The molecule has 25 heavy (non-hydrogen) atoms. The van der Waals surface area contributed by atoms with Crippen LogP contribution in [0.3, 0.4) is 0 Å². The van der Waals surface area contributed by atoms with E-state index >= 15 is 0 Å². The maximum absolute atomic E-state index is 12.8. The lowest BCUT2D eigenvalue weighted by Crippen LogP contribution is -2.24. The molecular weight excluding hydrogens is 332 g/mol. The summed E-state index contributed by atoms with van der Waals surface area (Å²) in [6.45, 7) is 5.13. The minimum Gasteiger partial charge on any atom is -0.380 e. The highest BCUT2D eigenvalue weighted by atomic mass is 32.1. The lowest BCUT2D eigenvalue weighted by atomic mass is 10.1. The molecule has 0 aliphatic heterocycles. The second-order valence-electron chi connectivity index (χ2n) is 5.99. The zero-order chi connectivity index (χ0) is 17.8. The number of carbonyl (C=O) groups is 1. The SMILES string of the molecule is COCc1cccc(CNC(=O)c2c(-n3cccc3)sc(C)c2C)c1. The monoisotopic (exact) mass is 354 g/mol. The van der Waals surface area contributed by atoms with Crippen molar-refractivity contribution in [3.8, 4) is 5.00 Å². The molecule has 0 aliphatic rings. The molecule has 1 N–H and O–H groups in total. The Hall–Kier alpha value is -2.37. The summed E-state index contributed by atoms with van der Waals surface area (Å²) in [5, 5.41) is 4.02. The molecule has 0 saturated heterocycles. The number of aromatic nitrogens is 1. The minimum absolute atomic E-state index is 0.0392. The standard InChI is InChI=1S/C20H22N2O2S/c1-14-15(2)25-20(22-9-4-5-10-22)18(14)19(23)21-12-16-7-6-8-17(11-16)13-24-3/h4-11H,12-13H2,1-3H3,(H,21,23). The molecule has 2 aromatic heterocycles. The highest BCUT2D eigenvalue weighted by Crippen LogP contribution is 2.30. The number of rotatable bonds is 6.